The molecule has 162 valence electrons. The molecule has 1 aromatic heterocycles. The topological polar surface area (TPSA) is 60.8 Å². The first-order valence-electron chi connectivity index (χ1n) is 10.2. The number of Topliss-reactive ketones (excluding diaryl/α,β-unsaturated/α-hetero) is 1. The van der Waals surface area contributed by atoms with E-state index in [-0.39, 0.29) is 22.8 Å². The van der Waals surface area contributed by atoms with E-state index in [0.29, 0.717) is 29.9 Å². The van der Waals surface area contributed by atoms with Crippen molar-refractivity contribution in [1.82, 2.24) is 4.57 Å². The van der Waals surface area contributed by atoms with Crippen LogP contribution in [-0.2, 0) is 4.74 Å². The van der Waals surface area contributed by atoms with Crippen LogP contribution in [0.5, 0.6) is 5.75 Å². The van der Waals surface area contributed by atoms with Crippen LogP contribution in [0, 0.1) is 5.92 Å². The van der Waals surface area contributed by atoms with Gasteiger partial charge in [-0.2, -0.15) is 0 Å². The molecule has 1 unspecified atom stereocenters. The van der Waals surface area contributed by atoms with Crippen molar-refractivity contribution in [3.63, 3.8) is 0 Å². The van der Waals surface area contributed by atoms with Crippen LogP contribution in [0.2, 0.25) is 5.02 Å². The number of nitrogens with zero attached hydrogens (tertiary/aromatic N) is 2. The van der Waals surface area contributed by atoms with Crippen LogP contribution in [0.25, 0.3) is 11.3 Å². The van der Waals surface area contributed by atoms with Gasteiger partial charge in [-0.3, -0.25) is 9.59 Å². The Morgan fingerprint density at radius 3 is 2.63 bits per heavy atom. The van der Waals surface area contributed by atoms with Gasteiger partial charge in [0.05, 0.1) is 28.9 Å². The molecule has 0 fully saturated rings. The molecule has 3 rings (SSSR count). The molecule has 1 aliphatic heterocycles. The van der Waals surface area contributed by atoms with Gasteiger partial charge in [0.2, 0.25) is 0 Å². The van der Waals surface area contributed by atoms with Crippen molar-refractivity contribution in [3.05, 3.63) is 45.2 Å². The van der Waals surface area contributed by atoms with E-state index >= 15 is 0 Å². The zero-order chi connectivity index (χ0) is 22.0. The quantitative estimate of drug-likeness (QED) is 0.478. The molecule has 30 heavy (non-hydrogen) atoms. The van der Waals surface area contributed by atoms with Crippen LogP contribution in [0.15, 0.2) is 29.2 Å². The predicted molar refractivity (Wildman–Crippen MR) is 120 cm³/mol. The third-order valence-corrected chi connectivity index (χ3v) is 5.83. The molecule has 1 aromatic carbocycles. The summed E-state index contributed by atoms with van der Waals surface area (Å²) in [6.45, 7) is 7.55. The number of aromatic nitrogens is 1. The van der Waals surface area contributed by atoms with Crippen LogP contribution >= 0.6 is 11.6 Å². The molecule has 0 saturated carbocycles. The Morgan fingerprint density at radius 1 is 1.27 bits per heavy atom. The Morgan fingerprint density at radius 2 is 2.00 bits per heavy atom. The molecule has 0 radical (unpaired) electrons. The van der Waals surface area contributed by atoms with E-state index in [1.807, 2.05) is 19.2 Å². The minimum Gasteiger partial charge on any atom is -0.492 e. The fraction of sp³-hybridized carbons (Fsp3) is 0.478. The first-order chi connectivity index (χ1) is 14.2. The average Bonchev–Trinajstić information content (AvgIpc) is 2.79. The Labute approximate surface area is 182 Å². The average molecular weight is 433 g/mol. The van der Waals surface area contributed by atoms with E-state index in [4.69, 9.17) is 21.1 Å². The molecular formula is C23H29ClN2O4. The normalized spacial score (nSPS) is 15.6. The molecule has 2 aromatic rings. The zero-order valence-electron chi connectivity index (χ0n) is 18.2. The lowest BCUT2D eigenvalue weighted by molar-refractivity contribution is 0.101. The standard InChI is InChI=1S/C23H29ClN2O4/c1-14(2)21-13-25(4)19-11-23(30-8-6-7-29-5)18(24)9-16(19)20-10-22(28)17(15(3)27)12-26(20)21/h9-12,14,21H,6-8,13H2,1-5H3. The van der Waals surface area contributed by atoms with Crippen molar-refractivity contribution < 1.29 is 14.3 Å². The van der Waals surface area contributed by atoms with Gasteiger partial charge < -0.3 is 18.9 Å². The predicted octanol–water partition coefficient (Wildman–Crippen LogP) is 4.43. The molecule has 0 saturated heterocycles. The van der Waals surface area contributed by atoms with Gasteiger partial charge in [-0.1, -0.05) is 25.4 Å². The third-order valence-electron chi connectivity index (χ3n) is 5.53. The minimum absolute atomic E-state index is 0.0842. The molecule has 7 heteroatoms. The lowest BCUT2D eigenvalue weighted by atomic mass is 10.0. The number of methoxy groups -OCH3 is 1. The number of pyridine rings is 1. The molecule has 0 aliphatic carbocycles. The Bertz CT molecular complexity index is 999. The number of fused-ring (bicyclic) bond motifs is 3. The van der Waals surface area contributed by atoms with Crippen LogP contribution < -0.4 is 15.1 Å². The van der Waals surface area contributed by atoms with Crippen molar-refractivity contribution in [2.75, 3.05) is 38.8 Å². The molecule has 0 spiro atoms. The van der Waals surface area contributed by atoms with E-state index < -0.39 is 0 Å². The largest absolute Gasteiger partial charge is 0.492 e. The highest BCUT2D eigenvalue weighted by molar-refractivity contribution is 6.32. The summed E-state index contributed by atoms with van der Waals surface area (Å²) in [6.07, 6.45) is 2.47. The van der Waals surface area contributed by atoms with Crippen molar-refractivity contribution in [1.29, 1.82) is 0 Å². The van der Waals surface area contributed by atoms with Gasteiger partial charge in [0, 0.05) is 63.3 Å². The van der Waals surface area contributed by atoms with Crippen LogP contribution in [0.1, 0.15) is 43.6 Å². The van der Waals surface area contributed by atoms with Gasteiger partial charge in [0.1, 0.15) is 5.75 Å². The number of ether oxygens (including phenoxy) is 2. The summed E-state index contributed by atoms with van der Waals surface area (Å²) in [4.78, 5) is 26.8. The summed E-state index contributed by atoms with van der Waals surface area (Å²) >= 11 is 6.55. The highest BCUT2D eigenvalue weighted by atomic mass is 35.5. The molecule has 0 bridgehead atoms. The van der Waals surface area contributed by atoms with E-state index in [1.165, 1.54) is 6.92 Å². The van der Waals surface area contributed by atoms with E-state index in [1.54, 1.807) is 19.4 Å². The van der Waals surface area contributed by atoms with E-state index in [9.17, 15) is 9.59 Å². The second-order valence-corrected chi connectivity index (χ2v) is 8.49. The van der Waals surface area contributed by atoms with Crippen LogP contribution in [0.3, 0.4) is 0 Å². The monoisotopic (exact) mass is 432 g/mol. The number of carbonyl (C=O) groups excluding carboxylic acids is 1. The number of benzene rings is 1. The van der Waals surface area contributed by atoms with Gasteiger partial charge in [-0.05, 0) is 18.9 Å². The Kier molecular flexibility index (Phi) is 6.88. The molecule has 1 atom stereocenters. The number of halogens is 1. The van der Waals surface area contributed by atoms with Crippen molar-refractivity contribution in [2.45, 2.75) is 33.2 Å². The Hall–Kier alpha value is -2.31. The van der Waals surface area contributed by atoms with E-state index in [2.05, 4.69) is 23.3 Å². The Balaban J connectivity index is 2.15. The van der Waals surface area contributed by atoms with Crippen molar-refractivity contribution >= 4 is 23.1 Å². The lowest BCUT2D eigenvalue weighted by Gasteiger charge is -2.28. The number of rotatable bonds is 7. The summed E-state index contributed by atoms with van der Waals surface area (Å²) in [5.74, 6) is 0.673. The maximum atomic E-state index is 12.7. The lowest BCUT2D eigenvalue weighted by Crippen LogP contribution is -2.30. The second kappa shape index (κ2) is 9.23. The van der Waals surface area contributed by atoms with Crippen LogP contribution in [-0.4, -0.2) is 44.3 Å². The fourth-order valence-electron chi connectivity index (χ4n) is 3.86. The summed E-state index contributed by atoms with van der Waals surface area (Å²) < 4.78 is 13.0. The number of hydrogen-bond donors (Lipinski definition) is 0. The minimum atomic E-state index is -0.275. The van der Waals surface area contributed by atoms with Crippen LogP contribution in [0.4, 0.5) is 5.69 Å². The van der Waals surface area contributed by atoms with Crippen molar-refractivity contribution in [2.24, 2.45) is 5.92 Å². The molecule has 2 heterocycles. The van der Waals surface area contributed by atoms with Crippen molar-refractivity contribution in [3.8, 4) is 17.0 Å². The van der Waals surface area contributed by atoms with Gasteiger partial charge in [-0.25, -0.2) is 0 Å². The molecule has 0 N–H and O–H groups in total. The fourth-order valence-corrected chi connectivity index (χ4v) is 4.08. The summed E-state index contributed by atoms with van der Waals surface area (Å²) in [6, 6.07) is 5.42. The van der Waals surface area contributed by atoms with Gasteiger partial charge in [-0.15, -0.1) is 0 Å². The summed E-state index contributed by atoms with van der Waals surface area (Å²) in [7, 11) is 3.68. The second-order valence-electron chi connectivity index (χ2n) is 8.09. The number of anilines is 1. The van der Waals surface area contributed by atoms with Gasteiger partial charge in [0.15, 0.2) is 11.2 Å². The molecular weight excluding hydrogens is 404 g/mol. The summed E-state index contributed by atoms with van der Waals surface area (Å²) in [5, 5.41) is 0.484. The highest BCUT2D eigenvalue weighted by Gasteiger charge is 2.28. The maximum Gasteiger partial charge on any atom is 0.192 e. The zero-order valence-corrected chi connectivity index (χ0v) is 19.0. The molecule has 6 nitrogen and oxygen atoms in total. The number of likely N-dealkylation sites (N-methyl/N-ethyl adjacent to an activating group) is 1. The first-order valence-corrected chi connectivity index (χ1v) is 10.6. The van der Waals surface area contributed by atoms with Gasteiger partial charge in [0.25, 0.3) is 0 Å². The van der Waals surface area contributed by atoms with Gasteiger partial charge >= 0.3 is 0 Å². The number of carbonyl (C=O) groups is 1. The molecule has 1 aliphatic rings. The summed E-state index contributed by atoms with van der Waals surface area (Å²) in [5.41, 5.74) is 2.48. The first kappa shape index (κ1) is 22.4. The highest BCUT2D eigenvalue weighted by Crippen LogP contribution is 2.42. The number of ketones is 1. The maximum absolute atomic E-state index is 12.7. The van der Waals surface area contributed by atoms with E-state index in [0.717, 1.165) is 29.9 Å². The third kappa shape index (κ3) is 4.40. The SMILES string of the molecule is COCCCOc1cc2c(cc1Cl)-c1cc(=O)c(C(C)=O)cn1C(C(C)C)CN2C. The molecule has 0 amide bonds. The smallest absolute Gasteiger partial charge is 0.192 e. The number of hydrogen-bond acceptors (Lipinski definition) is 5.